The van der Waals surface area contributed by atoms with Crippen molar-refractivity contribution in [1.82, 2.24) is 4.98 Å². The second-order valence-corrected chi connectivity index (χ2v) is 4.50. The molecule has 0 aromatic carbocycles. The second kappa shape index (κ2) is 4.12. The maximum Gasteiger partial charge on any atom is 0.250 e. The lowest BCUT2D eigenvalue weighted by molar-refractivity contribution is 0.1000. The van der Waals surface area contributed by atoms with Crippen molar-refractivity contribution in [2.24, 2.45) is 5.73 Å². The highest BCUT2D eigenvalue weighted by molar-refractivity contribution is 5.93. The third-order valence-electron chi connectivity index (χ3n) is 2.96. The Balaban J connectivity index is 2.40. The van der Waals surface area contributed by atoms with Gasteiger partial charge in [-0.1, -0.05) is 13.8 Å². The summed E-state index contributed by atoms with van der Waals surface area (Å²) in [7, 11) is 0. The molecule has 86 valence electrons. The van der Waals surface area contributed by atoms with E-state index in [4.69, 9.17) is 5.73 Å². The predicted octanol–water partition coefficient (Wildman–Crippen LogP) is 1.51. The van der Waals surface area contributed by atoms with Crippen molar-refractivity contribution in [3.05, 3.63) is 23.4 Å². The van der Waals surface area contributed by atoms with Gasteiger partial charge in [0.25, 0.3) is 0 Å². The number of amides is 1. The number of carbonyl (C=O) groups is 1. The summed E-state index contributed by atoms with van der Waals surface area (Å²) < 4.78 is 0. The second-order valence-electron chi connectivity index (χ2n) is 4.50. The van der Waals surface area contributed by atoms with Crippen LogP contribution in [-0.2, 0) is 0 Å². The van der Waals surface area contributed by atoms with E-state index in [0.717, 1.165) is 24.5 Å². The molecule has 0 radical (unpaired) electrons. The minimum absolute atomic E-state index is 0.349. The summed E-state index contributed by atoms with van der Waals surface area (Å²) in [5.74, 6) is 0.943. The number of anilines is 1. The molecule has 2 heterocycles. The zero-order chi connectivity index (χ0) is 11.7. The molecule has 4 heteroatoms. The van der Waals surface area contributed by atoms with E-state index in [9.17, 15) is 4.79 Å². The van der Waals surface area contributed by atoms with Gasteiger partial charge in [0.1, 0.15) is 5.82 Å². The van der Waals surface area contributed by atoms with Crippen LogP contribution in [0.4, 0.5) is 5.82 Å². The van der Waals surface area contributed by atoms with E-state index in [1.807, 2.05) is 6.07 Å². The molecule has 1 fully saturated rings. The fourth-order valence-electron chi connectivity index (χ4n) is 1.83. The Morgan fingerprint density at radius 2 is 2.19 bits per heavy atom. The van der Waals surface area contributed by atoms with E-state index < -0.39 is 5.91 Å². The average Bonchev–Trinajstić information content (AvgIpc) is 2.14. The van der Waals surface area contributed by atoms with E-state index >= 15 is 0 Å². The van der Waals surface area contributed by atoms with Crippen molar-refractivity contribution >= 4 is 11.7 Å². The van der Waals surface area contributed by atoms with Crippen molar-refractivity contribution in [2.75, 3.05) is 18.0 Å². The molecule has 1 saturated heterocycles. The van der Waals surface area contributed by atoms with Gasteiger partial charge in [-0.3, -0.25) is 4.79 Å². The fourth-order valence-corrected chi connectivity index (χ4v) is 1.83. The minimum atomic E-state index is -0.412. The third-order valence-corrected chi connectivity index (χ3v) is 2.96. The first-order chi connectivity index (χ1) is 7.59. The van der Waals surface area contributed by atoms with Crippen LogP contribution in [-0.4, -0.2) is 24.0 Å². The van der Waals surface area contributed by atoms with Crippen LogP contribution in [0.2, 0.25) is 0 Å². The van der Waals surface area contributed by atoms with Crippen molar-refractivity contribution < 1.29 is 4.79 Å². The number of hydrogen-bond donors (Lipinski definition) is 1. The molecule has 0 bridgehead atoms. The maximum absolute atomic E-state index is 11.1. The molecule has 1 amide bonds. The fraction of sp³-hybridized carbons (Fsp3) is 0.500. The molecular weight excluding hydrogens is 202 g/mol. The van der Waals surface area contributed by atoms with Gasteiger partial charge in [0.05, 0.1) is 5.56 Å². The predicted molar refractivity (Wildman–Crippen MR) is 63.7 cm³/mol. The first kappa shape index (κ1) is 10.9. The monoisotopic (exact) mass is 219 g/mol. The Morgan fingerprint density at radius 3 is 2.62 bits per heavy atom. The molecule has 1 aliphatic heterocycles. The number of primary amides is 1. The minimum Gasteiger partial charge on any atom is -0.366 e. The molecule has 1 aromatic rings. The average molecular weight is 219 g/mol. The standard InChI is InChI=1S/C12H17N3O/c1-8(2)10-6-9(11(13)16)7-14-12(10)15-4-3-5-15/h6-8H,3-5H2,1-2H3,(H2,13,16). The largest absolute Gasteiger partial charge is 0.366 e. The molecule has 0 unspecified atom stereocenters. The molecule has 0 aliphatic carbocycles. The summed E-state index contributed by atoms with van der Waals surface area (Å²) in [5.41, 5.74) is 6.86. The van der Waals surface area contributed by atoms with Gasteiger partial charge in [-0.25, -0.2) is 4.98 Å². The number of nitrogens with two attached hydrogens (primary N) is 1. The Bertz CT molecular complexity index is 411. The van der Waals surface area contributed by atoms with Gasteiger partial charge in [0.2, 0.25) is 5.91 Å². The number of aromatic nitrogens is 1. The van der Waals surface area contributed by atoms with Crippen LogP contribution in [0.3, 0.4) is 0 Å². The van der Waals surface area contributed by atoms with Crippen LogP contribution in [0.5, 0.6) is 0 Å². The van der Waals surface area contributed by atoms with Crippen LogP contribution in [0, 0.1) is 0 Å². The lowest BCUT2D eigenvalue weighted by Gasteiger charge is -2.34. The lowest BCUT2D eigenvalue weighted by atomic mass is 10.0. The number of hydrogen-bond acceptors (Lipinski definition) is 3. The molecule has 2 N–H and O–H groups in total. The number of pyridine rings is 1. The molecule has 0 saturated carbocycles. The molecule has 1 aliphatic rings. The van der Waals surface area contributed by atoms with Gasteiger partial charge in [0, 0.05) is 19.3 Å². The normalized spacial score (nSPS) is 15.1. The molecule has 16 heavy (non-hydrogen) atoms. The Labute approximate surface area is 95.5 Å². The summed E-state index contributed by atoms with van der Waals surface area (Å²) in [6.45, 7) is 6.32. The zero-order valence-corrected chi connectivity index (χ0v) is 9.73. The van der Waals surface area contributed by atoms with Gasteiger partial charge in [0.15, 0.2) is 0 Å². The molecule has 0 spiro atoms. The SMILES string of the molecule is CC(C)c1cc(C(N)=O)cnc1N1CCC1. The van der Waals surface area contributed by atoms with E-state index in [2.05, 4.69) is 23.7 Å². The molecular formula is C12H17N3O. The Morgan fingerprint density at radius 1 is 1.50 bits per heavy atom. The highest BCUT2D eigenvalue weighted by Gasteiger charge is 2.21. The molecule has 4 nitrogen and oxygen atoms in total. The Hall–Kier alpha value is -1.58. The molecule has 0 atom stereocenters. The van der Waals surface area contributed by atoms with Crippen LogP contribution >= 0.6 is 0 Å². The zero-order valence-electron chi connectivity index (χ0n) is 9.73. The summed E-state index contributed by atoms with van der Waals surface area (Å²) in [6, 6.07) is 1.87. The van der Waals surface area contributed by atoms with Crippen molar-refractivity contribution in [3.63, 3.8) is 0 Å². The van der Waals surface area contributed by atoms with Crippen molar-refractivity contribution in [2.45, 2.75) is 26.2 Å². The van der Waals surface area contributed by atoms with Gasteiger partial charge in [-0.15, -0.1) is 0 Å². The number of carbonyl (C=O) groups excluding carboxylic acids is 1. The third kappa shape index (κ3) is 1.87. The lowest BCUT2D eigenvalue weighted by Crippen LogP contribution is -2.38. The smallest absolute Gasteiger partial charge is 0.250 e. The summed E-state index contributed by atoms with van der Waals surface area (Å²) in [5, 5.41) is 0. The summed E-state index contributed by atoms with van der Waals surface area (Å²) >= 11 is 0. The van der Waals surface area contributed by atoms with Gasteiger partial charge in [-0.2, -0.15) is 0 Å². The van der Waals surface area contributed by atoms with Crippen molar-refractivity contribution in [3.8, 4) is 0 Å². The number of nitrogens with zero attached hydrogens (tertiary/aromatic N) is 2. The van der Waals surface area contributed by atoms with Crippen LogP contribution in [0.15, 0.2) is 12.3 Å². The van der Waals surface area contributed by atoms with E-state index in [1.54, 1.807) is 6.20 Å². The van der Waals surface area contributed by atoms with Gasteiger partial charge >= 0.3 is 0 Å². The van der Waals surface area contributed by atoms with Crippen molar-refractivity contribution in [1.29, 1.82) is 0 Å². The highest BCUT2D eigenvalue weighted by atomic mass is 16.1. The maximum atomic E-state index is 11.1. The van der Waals surface area contributed by atoms with E-state index in [-0.39, 0.29) is 0 Å². The first-order valence-electron chi connectivity index (χ1n) is 5.64. The molecule has 2 rings (SSSR count). The van der Waals surface area contributed by atoms with E-state index in [1.165, 1.54) is 6.42 Å². The van der Waals surface area contributed by atoms with Crippen LogP contribution in [0.25, 0.3) is 0 Å². The number of rotatable bonds is 3. The van der Waals surface area contributed by atoms with Crippen LogP contribution in [0.1, 0.15) is 42.1 Å². The topological polar surface area (TPSA) is 59.2 Å². The van der Waals surface area contributed by atoms with Gasteiger partial charge in [-0.05, 0) is 24.0 Å². The Kier molecular flexibility index (Phi) is 2.81. The summed E-state index contributed by atoms with van der Waals surface area (Å²) in [4.78, 5) is 17.7. The first-order valence-corrected chi connectivity index (χ1v) is 5.64. The quantitative estimate of drug-likeness (QED) is 0.838. The van der Waals surface area contributed by atoms with Crippen LogP contribution < -0.4 is 10.6 Å². The highest BCUT2D eigenvalue weighted by Crippen LogP contribution is 2.28. The van der Waals surface area contributed by atoms with Gasteiger partial charge < -0.3 is 10.6 Å². The summed E-state index contributed by atoms with van der Waals surface area (Å²) in [6.07, 6.45) is 2.79. The molecule has 1 aromatic heterocycles. The van der Waals surface area contributed by atoms with E-state index in [0.29, 0.717) is 11.5 Å².